The van der Waals surface area contributed by atoms with Gasteiger partial charge in [-0.05, 0) is 84.1 Å². The summed E-state index contributed by atoms with van der Waals surface area (Å²) in [5.41, 5.74) is 5.98. The van der Waals surface area contributed by atoms with Crippen LogP contribution < -0.4 is 9.75 Å². The number of fused-ring (bicyclic) bond motifs is 1. The summed E-state index contributed by atoms with van der Waals surface area (Å²) >= 11 is 1.86. The zero-order valence-electron chi connectivity index (χ0n) is 21.6. The van der Waals surface area contributed by atoms with Gasteiger partial charge in [-0.15, -0.1) is 11.3 Å². The minimum atomic E-state index is -0.586. The van der Waals surface area contributed by atoms with Gasteiger partial charge in [0.05, 0.1) is 5.57 Å². The van der Waals surface area contributed by atoms with Crippen LogP contribution in [-0.4, -0.2) is 11.9 Å². The third-order valence-electron chi connectivity index (χ3n) is 9.35. The van der Waals surface area contributed by atoms with Crippen LogP contribution in [0.3, 0.4) is 0 Å². The topological polar surface area (TPSA) is 43.4 Å². The van der Waals surface area contributed by atoms with E-state index in [2.05, 4.69) is 60.7 Å². The van der Waals surface area contributed by atoms with E-state index in [-0.39, 0.29) is 0 Å². The summed E-state index contributed by atoms with van der Waals surface area (Å²) in [6, 6.07) is 27.2. The number of hydrogen-bond acceptors (Lipinski definition) is 4. The molecule has 5 aliphatic rings. The SMILES string of the molecule is O=C1C=C(/C(c2ccc(-c3ccccc3)cc2)=c2\c(=C3C4CC5CC(C4)CC3C5)sc3ccccc23)C(=O)O1. The van der Waals surface area contributed by atoms with Crippen molar-refractivity contribution in [2.45, 2.75) is 32.1 Å². The summed E-state index contributed by atoms with van der Waals surface area (Å²) < 4.78 is 7.61. The molecular weight excluding hydrogens is 500 g/mol. The highest BCUT2D eigenvalue weighted by Gasteiger charge is 2.45. The van der Waals surface area contributed by atoms with Crippen molar-refractivity contribution in [3.63, 3.8) is 0 Å². The van der Waals surface area contributed by atoms with Gasteiger partial charge >= 0.3 is 11.9 Å². The molecule has 0 radical (unpaired) electrons. The molecule has 4 heteroatoms. The number of benzene rings is 3. The van der Waals surface area contributed by atoms with Crippen LogP contribution >= 0.6 is 11.3 Å². The molecule has 1 aromatic heterocycles. The highest BCUT2D eigenvalue weighted by atomic mass is 32.1. The first kappa shape index (κ1) is 23.2. The van der Waals surface area contributed by atoms with E-state index >= 15 is 0 Å². The lowest BCUT2D eigenvalue weighted by Crippen LogP contribution is -2.43. The highest BCUT2D eigenvalue weighted by Crippen LogP contribution is 2.56. The molecule has 1 aliphatic heterocycles. The second-order valence-corrected chi connectivity index (χ2v) is 12.7. The fourth-order valence-corrected chi connectivity index (χ4v) is 9.39. The minimum Gasteiger partial charge on any atom is -0.386 e. The first-order valence-corrected chi connectivity index (χ1v) is 14.8. The first-order valence-electron chi connectivity index (χ1n) is 14.0. The second kappa shape index (κ2) is 8.89. The van der Waals surface area contributed by atoms with Crippen molar-refractivity contribution < 1.29 is 14.3 Å². The summed E-state index contributed by atoms with van der Waals surface area (Å²) in [6.07, 6.45) is 7.97. The average molecular weight is 529 g/mol. The highest BCUT2D eigenvalue weighted by molar-refractivity contribution is 7.17. The fourth-order valence-electron chi connectivity index (χ4n) is 7.98. The Morgan fingerprint density at radius 1 is 0.718 bits per heavy atom. The molecule has 0 saturated heterocycles. The normalized spacial score (nSPS) is 26.3. The minimum absolute atomic E-state index is 0.363. The van der Waals surface area contributed by atoms with Crippen LogP contribution in [0.1, 0.15) is 37.7 Å². The van der Waals surface area contributed by atoms with E-state index in [9.17, 15) is 9.59 Å². The summed E-state index contributed by atoms with van der Waals surface area (Å²) in [5.74, 6) is 1.85. The number of thiophene rings is 1. The first-order chi connectivity index (χ1) is 19.1. The molecule has 0 atom stereocenters. The molecule has 3 aromatic carbocycles. The van der Waals surface area contributed by atoms with E-state index in [4.69, 9.17) is 4.74 Å². The summed E-state index contributed by atoms with van der Waals surface area (Å²) in [4.78, 5) is 25.4. The van der Waals surface area contributed by atoms with Crippen molar-refractivity contribution in [3.8, 4) is 11.1 Å². The number of carbonyl (C=O) groups is 2. The maximum absolute atomic E-state index is 13.1. The molecule has 9 rings (SSSR count). The van der Waals surface area contributed by atoms with Crippen LogP contribution in [0.2, 0.25) is 0 Å². The quantitative estimate of drug-likeness (QED) is 0.229. The predicted molar refractivity (Wildman–Crippen MR) is 155 cm³/mol. The van der Waals surface area contributed by atoms with E-state index in [0.29, 0.717) is 17.4 Å². The third-order valence-corrected chi connectivity index (χ3v) is 10.6. The van der Waals surface area contributed by atoms with Gasteiger partial charge in [0.1, 0.15) is 0 Å². The lowest BCUT2D eigenvalue weighted by molar-refractivity contribution is -0.150. The van der Waals surface area contributed by atoms with Crippen LogP contribution in [0.15, 0.2) is 90.5 Å². The van der Waals surface area contributed by atoms with Crippen LogP contribution in [0, 0.1) is 23.7 Å². The van der Waals surface area contributed by atoms with Gasteiger partial charge in [-0.2, -0.15) is 0 Å². The van der Waals surface area contributed by atoms with Gasteiger partial charge in [-0.25, -0.2) is 9.59 Å². The molecule has 0 unspecified atom stereocenters. The molecule has 3 nitrogen and oxygen atoms in total. The second-order valence-electron chi connectivity index (χ2n) is 11.6. The van der Waals surface area contributed by atoms with Crippen molar-refractivity contribution in [2.24, 2.45) is 23.7 Å². The van der Waals surface area contributed by atoms with Crippen LogP contribution in [-0.2, 0) is 14.3 Å². The predicted octanol–water partition coefficient (Wildman–Crippen LogP) is 6.38. The van der Waals surface area contributed by atoms with Crippen molar-refractivity contribution >= 4 is 44.5 Å². The monoisotopic (exact) mass is 528 g/mol. The molecule has 4 fully saturated rings. The Hall–Kier alpha value is -3.76. The standard InChI is InChI=1S/C35H28O3S/c36-30-19-28(35(37)38-30)32(24-12-10-23(11-13-24)22-6-2-1-3-7-22)33-27-8-4-5-9-29(27)39-34(33)31-25-15-20-14-21(17-25)18-26(31)16-20/h1-13,19-21,25-26H,14-18H2/b33-32-,34-31?. The molecule has 4 bridgehead atoms. The third kappa shape index (κ3) is 3.76. The molecule has 192 valence electrons. The molecule has 4 saturated carbocycles. The lowest BCUT2D eigenvalue weighted by Gasteiger charge is -2.51. The largest absolute Gasteiger partial charge is 0.386 e. The fraction of sp³-hybridized carbons (Fsp3) is 0.257. The van der Waals surface area contributed by atoms with E-state index in [1.165, 1.54) is 47.4 Å². The Morgan fingerprint density at radius 3 is 2.03 bits per heavy atom. The van der Waals surface area contributed by atoms with E-state index in [0.717, 1.165) is 44.7 Å². The molecule has 39 heavy (non-hydrogen) atoms. The molecule has 2 heterocycles. The van der Waals surface area contributed by atoms with E-state index in [1.54, 1.807) is 5.57 Å². The van der Waals surface area contributed by atoms with Gasteiger partial charge in [0.25, 0.3) is 0 Å². The zero-order chi connectivity index (χ0) is 26.1. The van der Waals surface area contributed by atoms with Crippen LogP contribution in [0.5, 0.6) is 0 Å². The zero-order valence-corrected chi connectivity index (χ0v) is 22.4. The average Bonchev–Trinajstić information content (AvgIpc) is 3.48. The van der Waals surface area contributed by atoms with Gasteiger partial charge in [0.2, 0.25) is 0 Å². The Labute approximate surface area is 231 Å². The molecule has 4 aliphatic carbocycles. The summed E-state index contributed by atoms with van der Waals surface area (Å²) in [6.45, 7) is 0. The van der Waals surface area contributed by atoms with Gasteiger partial charge in [-0.1, -0.05) is 72.8 Å². The summed E-state index contributed by atoms with van der Waals surface area (Å²) in [5, 5.41) is 2.25. The Kier molecular flexibility index (Phi) is 5.28. The summed E-state index contributed by atoms with van der Waals surface area (Å²) in [7, 11) is 0. The molecule has 4 aromatic rings. The Morgan fingerprint density at radius 2 is 1.36 bits per heavy atom. The maximum Gasteiger partial charge on any atom is 0.346 e. The molecule has 0 N–H and O–H groups in total. The van der Waals surface area contributed by atoms with E-state index < -0.39 is 11.9 Å². The van der Waals surface area contributed by atoms with Crippen LogP contribution in [0.4, 0.5) is 0 Å². The number of cyclic esters (lactones) is 2. The van der Waals surface area contributed by atoms with Crippen LogP contribution in [0.25, 0.3) is 32.4 Å². The van der Waals surface area contributed by atoms with Crippen molar-refractivity contribution in [1.82, 2.24) is 0 Å². The lowest BCUT2D eigenvalue weighted by atomic mass is 9.54. The van der Waals surface area contributed by atoms with Gasteiger partial charge < -0.3 is 4.74 Å². The van der Waals surface area contributed by atoms with Gasteiger partial charge in [0.15, 0.2) is 0 Å². The van der Waals surface area contributed by atoms with Crippen molar-refractivity contribution in [2.75, 3.05) is 0 Å². The number of rotatable bonds is 3. The number of ether oxygens (including phenoxy) is 1. The number of carbonyl (C=O) groups excluding carboxylic acids is 2. The van der Waals surface area contributed by atoms with E-state index in [1.807, 2.05) is 29.5 Å². The molecular formula is C35H28O3S. The maximum atomic E-state index is 13.1. The molecule has 0 spiro atoms. The number of esters is 2. The van der Waals surface area contributed by atoms with Crippen molar-refractivity contribution in [1.29, 1.82) is 0 Å². The van der Waals surface area contributed by atoms with Gasteiger partial charge in [-0.3, -0.25) is 0 Å². The smallest absolute Gasteiger partial charge is 0.346 e. The molecule has 0 amide bonds. The Balaban J connectivity index is 1.46. The van der Waals surface area contributed by atoms with Crippen molar-refractivity contribution in [3.05, 3.63) is 106 Å². The number of hydrogen-bond donors (Lipinski definition) is 0. The van der Waals surface area contributed by atoms with Gasteiger partial charge in [0, 0.05) is 31.5 Å². The Bertz CT molecular complexity index is 1780.